The molecule has 0 bridgehead atoms. The molecule has 1 saturated carbocycles. The van der Waals surface area contributed by atoms with E-state index in [2.05, 4.69) is 31.2 Å². The summed E-state index contributed by atoms with van der Waals surface area (Å²) < 4.78 is 0. The van der Waals surface area contributed by atoms with E-state index < -0.39 is 0 Å². The molecule has 28 heavy (non-hydrogen) atoms. The van der Waals surface area contributed by atoms with Crippen LogP contribution in [0.25, 0.3) is 0 Å². The Morgan fingerprint density at radius 3 is 2.25 bits per heavy atom. The molecule has 1 aromatic carbocycles. The molecule has 2 rings (SSSR count). The van der Waals surface area contributed by atoms with Crippen molar-refractivity contribution in [2.45, 2.75) is 98.3 Å². The van der Waals surface area contributed by atoms with Gasteiger partial charge in [0.05, 0.1) is 0 Å². The molecule has 0 aromatic heterocycles. The van der Waals surface area contributed by atoms with E-state index in [1.54, 1.807) is 0 Å². The molecule has 2 heteroatoms. The lowest BCUT2D eigenvalue weighted by molar-refractivity contribution is -0.119. The number of rotatable bonds is 10. The summed E-state index contributed by atoms with van der Waals surface area (Å²) in [6.45, 7) is 9.12. The number of ketones is 2. The van der Waals surface area contributed by atoms with Gasteiger partial charge in [0.2, 0.25) is 0 Å². The first kappa shape index (κ1) is 26.3. The Hall–Kier alpha value is -1.70. The molecule has 0 atom stereocenters. The summed E-state index contributed by atoms with van der Waals surface area (Å²) in [6, 6.07) is 8.39. The quantitative estimate of drug-likeness (QED) is 0.398. The standard InChI is InChI=1S/C13H15O.C12H22O.CH4/c1-3-13(14)6-4-5-12-9-7-11(2)8-10-12;1-2-12(13)10-6-9-11-7-4-3-5-8-11;/h1,3,7-10H,4-6H2,2H3;11H,2-10H2,1H3;1H4. The molecule has 0 amide bonds. The van der Waals surface area contributed by atoms with Gasteiger partial charge in [-0.15, -0.1) is 0 Å². The van der Waals surface area contributed by atoms with Crippen LogP contribution in [0, 0.1) is 19.4 Å². The van der Waals surface area contributed by atoms with E-state index in [1.165, 1.54) is 49.7 Å². The Bertz CT molecular complexity index is 550. The zero-order chi connectivity index (χ0) is 19.9. The van der Waals surface area contributed by atoms with Gasteiger partial charge < -0.3 is 0 Å². The van der Waals surface area contributed by atoms with E-state index in [1.807, 2.05) is 6.92 Å². The van der Waals surface area contributed by atoms with Crippen molar-refractivity contribution in [3.8, 4) is 0 Å². The molecule has 0 heterocycles. The average molecular weight is 386 g/mol. The summed E-state index contributed by atoms with van der Waals surface area (Å²) in [4.78, 5) is 21.9. The summed E-state index contributed by atoms with van der Waals surface area (Å²) in [7, 11) is 0. The van der Waals surface area contributed by atoms with Crippen LogP contribution < -0.4 is 0 Å². The molecule has 1 aromatic rings. The van der Waals surface area contributed by atoms with E-state index in [4.69, 9.17) is 6.58 Å². The highest BCUT2D eigenvalue weighted by molar-refractivity contribution is 5.88. The number of carbonyl (C=O) groups is 2. The molecule has 0 N–H and O–H groups in total. The first-order valence-corrected chi connectivity index (χ1v) is 10.7. The van der Waals surface area contributed by atoms with Crippen LogP contribution in [-0.4, -0.2) is 11.6 Å². The van der Waals surface area contributed by atoms with Crippen LogP contribution in [0.5, 0.6) is 0 Å². The van der Waals surface area contributed by atoms with Crippen LogP contribution >= 0.6 is 0 Å². The van der Waals surface area contributed by atoms with Crippen LogP contribution in [0.2, 0.25) is 0 Å². The highest BCUT2D eigenvalue weighted by Crippen LogP contribution is 2.27. The van der Waals surface area contributed by atoms with E-state index in [9.17, 15) is 9.59 Å². The second-order valence-corrected chi connectivity index (χ2v) is 7.76. The maximum Gasteiger partial charge on any atom is 0.155 e. The molecule has 0 saturated heterocycles. The fourth-order valence-corrected chi connectivity index (χ4v) is 3.55. The topological polar surface area (TPSA) is 34.1 Å². The normalized spacial score (nSPS) is 13.6. The SMILES string of the molecule is C.CCC(=O)CCCC1CCCCC1.[CH]=CC(=O)CCCc1ccc(C)cc1. The van der Waals surface area contributed by atoms with Gasteiger partial charge in [-0.1, -0.05) is 89.3 Å². The van der Waals surface area contributed by atoms with Gasteiger partial charge in [0.15, 0.2) is 5.78 Å². The smallest absolute Gasteiger partial charge is 0.155 e. The second-order valence-electron chi connectivity index (χ2n) is 7.76. The number of hydrogen-bond acceptors (Lipinski definition) is 2. The largest absolute Gasteiger partial charge is 0.300 e. The first-order chi connectivity index (χ1) is 13.0. The van der Waals surface area contributed by atoms with Gasteiger partial charge in [0.1, 0.15) is 5.78 Å². The fraction of sp³-hybridized carbons (Fsp3) is 0.615. The van der Waals surface area contributed by atoms with Crippen LogP contribution in [0.1, 0.15) is 96.1 Å². The molecular weight excluding hydrogens is 344 g/mol. The Balaban J connectivity index is 0.000000504. The Morgan fingerprint density at radius 2 is 1.68 bits per heavy atom. The first-order valence-electron chi connectivity index (χ1n) is 10.7. The van der Waals surface area contributed by atoms with Crippen LogP contribution in [0.4, 0.5) is 0 Å². The molecule has 1 radical (unpaired) electrons. The van der Waals surface area contributed by atoms with Crippen molar-refractivity contribution in [3.63, 3.8) is 0 Å². The molecule has 2 nitrogen and oxygen atoms in total. The van der Waals surface area contributed by atoms with Crippen molar-refractivity contribution >= 4 is 11.6 Å². The fourth-order valence-electron chi connectivity index (χ4n) is 3.55. The molecule has 0 aliphatic heterocycles. The average Bonchev–Trinajstić information content (AvgIpc) is 2.70. The van der Waals surface area contributed by atoms with E-state index in [0.29, 0.717) is 12.2 Å². The zero-order valence-corrected chi connectivity index (χ0v) is 17.3. The van der Waals surface area contributed by atoms with Gasteiger partial charge in [0.25, 0.3) is 0 Å². The number of aryl methyl sites for hydroxylation is 2. The molecule has 1 fully saturated rings. The lowest BCUT2D eigenvalue weighted by Crippen LogP contribution is -2.06. The molecule has 157 valence electrons. The van der Waals surface area contributed by atoms with Crippen LogP contribution in [0.15, 0.2) is 30.3 Å². The summed E-state index contributed by atoms with van der Waals surface area (Å²) in [5.74, 6) is 1.41. The summed E-state index contributed by atoms with van der Waals surface area (Å²) in [5, 5.41) is 0. The Labute approximate surface area is 173 Å². The van der Waals surface area contributed by atoms with Crippen LogP contribution in [-0.2, 0) is 16.0 Å². The van der Waals surface area contributed by atoms with Crippen LogP contribution in [0.3, 0.4) is 0 Å². The third kappa shape index (κ3) is 12.6. The monoisotopic (exact) mass is 385 g/mol. The van der Waals surface area contributed by atoms with E-state index in [0.717, 1.165) is 44.1 Å². The minimum absolute atomic E-state index is 0. The second kappa shape index (κ2) is 16.3. The molecule has 1 aliphatic carbocycles. The lowest BCUT2D eigenvalue weighted by Gasteiger charge is -2.20. The summed E-state index contributed by atoms with van der Waals surface area (Å²) >= 11 is 0. The van der Waals surface area contributed by atoms with Gasteiger partial charge in [-0.25, -0.2) is 0 Å². The molecule has 0 unspecified atom stereocenters. The van der Waals surface area contributed by atoms with Gasteiger partial charge in [-0.3, -0.25) is 9.59 Å². The van der Waals surface area contributed by atoms with Crippen molar-refractivity contribution in [1.29, 1.82) is 0 Å². The molecule has 1 aliphatic rings. The Kier molecular flexibility index (Phi) is 15.3. The van der Waals surface area contributed by atoms with Crippen molar-refractivity contribution in [2.24, 2.45) is 5.92 Å². The van der Waals surface area contributed by atoms with E-state index >= 15 is 0 Å². The number of benzene rings is 1. The predicted molar refractivity (Wildman–Crippen MR) is 120 cm³/mol. The van der Waals surface area contributed by atoms with Crippen molar-refractivity contribution < 1.29 is 9.59 Å². The third-order valence-electron chi connectivity index (χ3n) is 5.38. The predicted octanol–water partition coefficient (Wildman–Crippen LogP) is 7.23. The number of Topliss-reactive ketones (excluding diaryl/α,β-unsaturated/α-hetero) is 1. The van der Waals surface area contributed by atoms with E-state index in [-0.39, 0.29) is 13.2 Å². The minimum atomic E-state index is 0. The maximum atomic E-state index is 11.1. The minimum Gasteiger partial charge on any atom is -0.300 e. The highest BCUT2D eigenvalue weighted by atomic mass is 16.1. The zero-order valence-electron chi connectivity index (χ0n) is 17.3. The van der Waals surface area contributed by atoms with Crippen molar-refractivity contribution in [2.75, 3.05) is 0 Å². The van der Waals surface area contributed by atoms with Crippen molar-refractivity contribution in [1.82, 2.24) is 0 Å². The van der Waals surface area contributed by atoms with Crippen molar-refractivity contribution in [3.05, 3.63) is 48.0 Å². The Morgan fingerprint density at radius 1 is 1.04 bits per heavy atom. The van der Waals surface area contributed by atoms with Gasteiger partial charge in [-0.2, -0.15) is 0 Å². The maximum absolute atomic E-state index is 11.1. The lowest BCUT2D eigenvalue weighted by atomic mass is 9.85. The van der Waals surface area contributed by atoms with Gasteiger partial charge in [0, 0.05) is 19.3 Å². The number of hydrogen-bond donors (Lipinski definition) is 0. The van der Waals surface area contributed by atoms with Gasteiger partial charge in [-0.05, 0) is 43.7 Å². The number of allylic oxidation sites excluding steroid dienone is 1. The summed E-state index contributed by atoms with van der Waals surface area (Å²) in [5.41, 5.74) is 2.54. The summed E-state index contributed by atoms with van der Waals surface area (Å²) in [6.07, 6.45) is 14.6. The molecule has 0 spiro atoms. The highest BCUT2D eigenvalue weighted by Gasteiger charge is 2.13. The molecular formula is C26H41O2. The number of carbonyl (C=O) groups excluding carboxylic acids is 2. The van der Waals surface area contributed by atoms with Gasteiger partial charge >= 0.3 is 0 Å². The third-order valence-corrected chi connectivity index (χ3v) is 5.38.